The van der Waals surface area contributed by atoms with Crippen LogP contribution in [-0.2, 0) is 4.79 Å². The number of aryl methyl sites for hydroxylation is 1. The van der Waals surface area contributed by atoms with Crippen LogP contribution in [0, 0.1) is 6.92 Å². The molecular formula is C10H9N3O3S. The molecule has 2 heterocycles. The second-order valence-corrected chi connectivity index (χ2v) is 4.14. The summed E-state index contributed by atoms with van der Waals surface area (Å²) in [5.41, 5.74) is 0. The number of carboxylic acids is 1. The van der Waals surface area contributed by atoms with Gasteiger partial charge in [0.05, 0.1) is 6.26 Å². The highest BCUT2D eigenvalue weighted by molar-refractivity contribution is 8.04. The van der Waals surface area contributed by atoms with Crippen molar-refractivity contribution in [1.82, 2.24) is 15.2 Å². The van der Waals surface area contributed by atoms with Gasteiger partial charge in [0.25, 0.3) is 0 Å². The Kier molecular flexibility index (Phi) is 3.29. The molecule has 2 N–H and O–H groups in total. The molecule has 2 aromatic heterocycles. The first kappa shape index (κ1) is 11.5. The Bertz CT molecular complexity index is 545. The molecule has 0 aliphatic heterocycles. The molecule has 0 amide bonds. The van der Waals surface area contributed by atoms with E-state index in [-0.39, 0.29) is 4.91 Å². The Balaban J connectivity index is 2.21. The van der Waals surface area contributed by atoms with Crippen LogP contribution in [0.15, 0.2) is 32.9 Å². The number of rotatable bonds is 4. The molecule has 0 atom stereocenters. The van der Waals surface area contributed by atoms with Crippen LogP contribution in [0.25, 0.3) is 6.08 Å². The quantitative estimate of drug-likeness (QED) is 0.637. The van der Waals surface area contributed by atoms with E-state index in [0.717, 1.165) is 11.8 Å². The Morgan fingerprint density at radius 3 is 3.00 bits per heavy atom. The third kappa shape index (κ3) is 2.97. The van der Waals surface area contributed by atoms with Gasteiger partial charge in [0.15, 0.2) is 0 Å². The minimum atomic E-state index is -1.05. The van der Waals surface area contributed by atoms with Crippen molar-refractivity contribution in [2.45, 2.75) is 12.1 Å². The number of aromatic amines is 1. The summed E-state index contributed by atoms with van der Waals surface area (Å²) in [4.78, 5) is 15.2. The van der Waals surface area contributed by atoms with E-state index in [1.165, 1.54) is 12.3 Å². The van der Waals surface area contributed by atoms with Crippen molar-refractivity contribution < 1.29 is 14.3 Å². The van der Waals surface area contributed by atoms with E-state index >= 15 is 0 Å². The third-order valence-corrected chi connectivity index (χ3v) is 2.68. The van der Waals surface area contributed by atoms with E-state index in [0.29, 0.717) is 16.7 Å². The lowest BCUT2D eigenvalue weighted by Gasteiger charge is -1.96. The summed E-state index contributed by atoms with van der Waals surface area (Å²) in [6, 6.07) is 3.36. The average Bonchev–Trinajstić information content (AvgIpc) is 2.89. The number of nitrogens with one attached hydrogen (secondary N) is 1. The van der Waals surface area contributed by atoms with Crippen molar-refractivity contribution in [3.8, 4) is 0 Å². The Hall–Kier alpha value is -2.02. The number of thioether (sulfide) groups is 1. The lowest BCUT2D eigenvalue weighted by molar-refractivity contribution is -0.131. The predicted molar refractivity (Wildman–Crippen MR) is 61.3 cm³/mol. The zero-order chi connectivity index (χ0) is 12.3. The van der Waals surface area contributed by atoms with Crippen LogP contribution in [-0.4, -0.2) is 26.3 Å². The summed E-state index contributed by atoms with van der Waals surface area (Å²) in [5, 5.41) is 15.9. The molecule has 0 aromatic carbocycles. The standard InChI is InChI=1S/C10H9N3O3S/c1-6-11-10(13-12-6)17-8(9(14)15)5-7-3-2-4-16-7/h2-5H,1H3,(H,14,15)(H,11,12,13)/b8-5-. The monoisotopic (exact) mass is 251 g/mol. The van der Waals surface area contributed by atoms with Gasteiger partial charge in [0.2, 0.25) is 5.16 Å². The molecule has 0 aliphatic rings. The van der Waals surface area contributed by atoms with Crippen molar-refractivity contribution in [3.63, 3.8) is 0 Å². The molecular weight excluding hydrogens is 242 g/mol. The highest BCUT2D eigenvalue weighted by atomic mass is 32.2. The molecule has 0 aliphatic carbocycles. The van der Waals surface area contributed by atoms with E-state index in [1.54, 1.807) is 19.1 Å². The second-order valence-electron chi connectivity index (χ2n) is 3.13. The molecule has 0 saturated heterocycles. The molecule has 0 saturated carbocycles. The lowest BCUT2D eigenvalue weighted by atomic mass is 10.4. The number of H-pyrrole nitrogens is 1. The number of carboxylic acid groups (broad SMARTS) is 1. The zero-order valence-electron chi connectivity index (χ0n) is 8.88. The SMILES string of the molecule is Cc1nc(S/C(=C\c2ccco2)C(=O)O)n[nH]1. The number of furan rings is 1. The first-order valence-electron chi connectivity index (χ1n) is 4.70. The molecule has 6 nitrogen and oxygen atoms in total. The van der Waals surface area contributed by atoms with Gasteiger partial charge in [-0.05, 0) is 30.8 Å². The Labute approximate surface area is 101 Å². The smallest absolute Gasteiger partial charge is 0.342 e. The maximum atomic E-state index is 11.0. The topological polar surface area (TPSA) is 92.0 Å². The number of aromatic nitrogens is 3. The zero-order valence-corrected chi connectivity index (χ0v) is 9.69. The minimum absolute atomic E-state index is 0.0963. The summed E-state index contributed by atoms with van der Waals surface area (Å²) < 4.78 is 5.06. The first-order valence-corrected chi connectivity index (χ1v) is 5.52. The Morgan fingerprint density at radius 2 is 2.47 bits per heavy atom. The van der Waals surface area contributed by atoms with E-state index in [2.05, 4.69) is 15.2 Å². The van der Waals surface area contributed by atoms with Crippen molar-refractivity contribution in [3.05, 3.63) is 34.9 Å². The molecule has 88 valence electrons. The van der Waals surface area contributed by atoms with Crippen LogP contribution < -0.4 is 0 Å². The van der Waals surface area contributed by atoms with Gasteiger partial charge in [0, 0.05) is 6.08 Å². The molecule has 17 heavy (non-hydrogen) atoms. The molecule has 0 radical (unpaired) electrons. The van der Waals surface area contributed by atoms with Gasteiger partial charge in [-0.15, -0.1) is 5.10 Å². The molecule has 7 heteroatoms. The summed E-state index contributed by atoms with van der Waals surface area (Å²) in [6.07, 6.45) is 2.91. The molecule has 0 unspecified atom stereocenters. The molecule has 2 aromatic rings. The summed E-state index contributed by atoms with van der Waals surface area (Å²) in [5.74, 6) is 0.0613. The van der Waals surface area contributed by atoms with Crippen LogP contribution >= 0.6 is 11.8 Å². The van der Waals surface area contributed by atoms with Gasteiger partial charge >= 0.3 is 5.97 Å². The number of hydrogen-bond acceptors (Lipinski definition) is 5. The van der Waals surface area contributed by atoms with E-state index < -0.39 is 5.97 Å². The molecule has 0 fully saturated rings. The predicted octanol–water partition coefficient (Wildman–Crippen LogP) is 1.92. The van der Waals surface area contributed by atoms with Crippen molar-refractivity contribution in [1.29, 1.82) is 0 Å². The van der Waals surface area contributed by atoms with E-state index in [9.17, 15) is 4.79 Å². The lowest BCUT2D eigenvalue weighted by Crippen LogP contribution is -1.97. The fraction of sp³-hybridized carbons (Fsp3) is 0.100. The highest BCUT2D eigenvalue weighted by Crippen LogP contribution is 2.25. The van der Waals surface area contributed by atoms with Crippen LogP contribution in [0.5, 0.6) is 0 Å². The summed E-state index contributed by atoms with van der Waals surface area (Å²) in [7, 11) is 0. The van der Waals surface area contributed by atoms with Gasteiger partial charge in [-0.2, -0.15) is 0 Å². The van der Waals surface area contributed by atoms with Gasteiger partial charge in [-0.25, -0.2) is 9.78 Å². The normalized spacial score (nSPS) is 11.7. The van der Waals surface area contributed by atoms with Crippen LogP contribution in [0.1, 0.15) is 11.6 Å². The van der Waals surface area contributed by atoms with Crippen molar-refractivity contribution in [2.24, 2.45) is 0 Å². The number of carbonyl (C=O) groups is 1. The van der Waals surface area contributed by atoms with Crippen molar-refractivity contribution in [2.75, 3.05) is 0 Å². The van der Waals surface area contributed by atoms with Gasteiger partial charge in [-0.1, -0.05) is 0 Å². The fourth-order valence-corrected chi connectivity index (χ4v) is 1.84. The summed E-state index contributed by atoms with van der Waals surface area (Å²) in [6.45, 7) is 1.74. The van der Waals surface area contributed by atoms with Crippen LogP contribution in [0.2, 0.25) is 0 Å². The average molecular weight is 251 g/mol. The van der Waals surface area contributed by atoms with Gasteiger partial charge in [-0.3, -0.25) is 5.10 Å². The van der Waals surface area contributed by atoms with E-state index in [1.807, 2.05) is 0 Å². The first-order chi connectivity index (χ1) is 8.15. The molecule has 2 rings (SSSR count). The number of hydrogen-bond donors (Lipinski definition) is 2. The van der Waals surface area contributed by atoms with Crippen LogP contribution in [0.3, 0.4) is 0 Å². The second kappa shape index (κ2) is 4.88. The highest BCUT2D eigenvalue weighted by Gasteiger charge is 2.13. The van der Waals surface area contributed by atoms with Crippen LogP contribution in [0.4, 0.5) is 0 Å². The fourth-order valence-electron chi connectivity index (χ4n) is 1.10. The number of nitrogens with zero attached hydrogens (tertiary/aromatic N) is 2. The largest absolute Gasteiger partial charge is 0.477 e. The summed E-state index contributed by atoms with van der Waals surface area (Å²) >= 11 is 0.964. The van der Waals surface area contributed by atoms with E-state index in [4.69, 9.17) is 9.52 Å². The number of aliphatic carboxylic acids is 1. The Morgan fingerprint density at radius 1 is 1.65 bits per heavy atom. The molecule has 0 spiro atoms. The maximum Gasteiger partial charge on any atom is 0.342 e. The third-order valence-electron chi connectivity index (χ3n) is 1.81. The van der Waals surface area contributed by atoms with Crippen molar-refractivity contribution >= 4 is 23.8 Å². The van der Waals surface area contributed by atoms with Gasteiger partial charge < -0.3 is 9.52 Å². The molecule has 0 bridgehead atoms. The van der Waals surface area contributed by atoms with Gasteiger partial charge in [0.1, 0.15) is 16.5 Å². The maximum absolute atomic E-state index is 11.0. The minimum Gasteiger partial charge on any atom is -0.477 e.